The fourth-order valence-electron chi connectivity index (χ4n) is 2.44. The summed E-state index contributed by atoms with van der Waals surface area (Å²) in [6.45, 7) is 2.59. The fraction of sp³-hybridized carbons (Fsp3) is 0.562. The Morgan fingerprint density at radius 2 is 2.05 bits per heavy atom. The largest absolute Gasteiger partial charge is 0.393 e. The molecule has 1 amide bonds. The Morgan fingerprint density at radius 3 is 2.63 bits per heavy atom. The highest BCUT2D eigenvalue weighted by Gasteiger charge is 2.29. The molecule has 3 heteroatoms. The Morgan fingerprint density at radius 1 is 1.37 bits per heavy atom. The summed E-state index contributed by atoms with van der Waals surface area (Å²) in [6.07, 6.45) is 3.49. The zero-order valence-corrected chi connectivity index (χ0v) is 11.5. The molecule has 2 N–H and O–H groups in total. The van der Waals surface area contributed by atoms with Crippen molar-refractivity contribution in [1.82, 2.24) is 5.32 Å². The summed E-state index contributed by atoms with van der Waals surface area (Å²) in [4.78, 5) is 12.1. The summed E-state index contributed by atoms with van der Waals surface area (Å²) in [7, 11) is 0. The quantitative estimate of drug-likeness (QED) is 0.792. The lowest BCUT2D eigenvalue weighted by molar-refractivity contribution is -0.122. The van der Waals surface area contributed by atoms with E-state index >= 15 is 0 Å². The van der Waals surface area contributed by atoms with Crippen molar-refractivity contribution in [2.45, 2.75) is 44.6 Å². The molecule has 2 rings (SSSR count). The average molecular weight is 261 g/mol. The first-order valence-electron chi connectivity index (χ1n) is 7.23. The molecule has 0 unspecified atom stereocenters. The normalized spacial score (nSPS) is 17.8. The smallest absolute Gasteiger partial charge is 0.227 e. The lowest BCUT2D eigenvalue weighted by atomic mass is 9.95. The Labute approximate surface area is 115 Å². The number of aliphatic hydroxyl groups is 1. The van der Waals surface area contributed by atoms with Crippen LogP contribution >= 0.6 is 0 Å². The molecule has 19 heavy (non-hydrogen) atoms. The lowest BCUT2D eigenvalue weighted by Crippen LogP contribution is -2.31. The number of hydrogen-bond donors (Lipinski definition) is 2. The van der Waals surface area contributed by atoms with Gasteiger partial charge in [0.2, 0.25) is 5.91 Å². The molecule has 1 fully saturated rings. The van der Waals surface area contributed by atoms with E-state index in [4.69, 9.17) is 0 Å². The van der Waals surface area contributed by atoms with Crippen molar-refractivity contribution in [2.75, 3.05) is 6.54 Å². The molecule has 0 aromatic heterocycles. The minimum absolute atomic E-state index is 0.0664. The molecule has 0 saturated heterocycles. The third-order valence-electron chi connectivity index (χ3n) is 3.83. The number of amides is 1. The Hall–Kier alpha value is -1.35. The molecule has 1 aliphatic rings. The van der Waals surface area contributed by atoms with Gasteiger partial charge in [0, 0.05) is 6.54 Å². The van der Waals surface area contributed by atoms with E-state index in [-0.39, 0.29) is 17.9 Å². The Kier molecular flexibility index (Phi) is 4.97. The Bertz CT molecular complexity index is 400. The van der Waals surface area contributed by atoms with Crippen molar-refractivity contribution in [3.05, 3.63) is 35.9 Å². The van der Waals surface area contributed by atoms with E-state index in [1.165, 1.54) is 0 Å². The third kappa shape index (κ3) is 4.06. The van der Waals surface area contributed by atoms with E-state index in [1.54, 1.807) is 0 Å². The average Bonchev–Trinajstić information content (AvgIpc) is 3.25. The molecule has 1 aromatic rings. The van der Waals surface area contributed by atoms with E-state index in [2.05, 4.69) is 5.32 Å². The molecule has 0 spiro atoms. The summed E-state index contributed by atoms with van der Waals surface area (Å²) in [6, 6.07) is 9.87. The fourth-order valence-corrected chi connectivity index (χ4v) is 2.44. The monoisotopic (exact) mass is 261 g/mol. The van der Waals surface area contributed by atoms with Crippen LogP contribution in [0.15, 0.2) is 30.3 Å². The van der Waals surface area contributed by atoms with Gasteiger partial charge in [0.1, 0.15) is 0 Å². The van der Waals surface area contributed by atoms with Crippen molar-refractivity contribution < 1.29 is 9.90 Å². The second-order valence-electron chi connectivity index (χ2n) is 5.36. The minimum Gasteiger partial charge on any atom is -0.393 e. The maximum Gasteiger partial charge on any atom is 0.227 e. The van der Waals surface area contributed by atoms with Gasteiger partial charge in [-0.1, -0.05) is 37.3 Å². The van der Waals surface area contributed by atoms with E-state index in [1.807, 2.05) is 37.3 Å². The topological polar surface area (TPSA) is 49.3 Å². The number of rotatable bonds is 7. The van der Waals surface area contributed by atoms with Crippen LogP contribution in [0.3, 0.4) is 0 Å². The molecule has 1 aromatic carbocycles. The molecule has 1 saturated carbocycles. The van der Waals surface area contributed by atoms with Gasteiger partial charge in [0.15, 0.2) is 0 Å². The molecule has 1 aliphatic carbocycles. The van der Waals surface area contributed by atoms with Crippen molar-refractivity contribution in [2.24, 2.45) is 5.92 Å². The van der Waals surface area contributed by atoms with Crippen LogP contribution in [0.4, 0.5) is 0 Å². The number of aliphatic hydroxyl groups excluding tert-OH is 1. The van der Waals surface area contributed by atoms with Crippen molar-refractivity contribution >= 4 is 5.91 Å². The number of carbonyl (C=O) groups is 1. The van der Waals surface area contributed by atoms with Crippen LogP contribution in [0.1, 0.15) is 44.1 Å². The van der Waals surface area contributed by atoms with Crippen LogP contribution < -0.4 is 5.32 Å². The number of benzene rings is 1. The minimum atomic E-state index is -0.239. The summed E-state index contributed by atoms with van der Waals surface area (Å²) in [5, 5.41) is 12.7. The van der Waals surface area contributed by atoms with E-state index < -0.39 is 0 Å². The Balaban J connectivity index is 1.80. The summed E-state index contributed by atoms with van der Waals surface area (Å²) in [5.41, 5.74) is 1.06. The van der Waals surface area contributed by atoms with Gasteiger partial charge in [-0.3, -0.25) is 4.79 Å². The zero-order chi connectivity index (χ0) is 13.7. The van der Waals surface area contributed by atoms with Gasteiger partial charge in [-0.05, 0) is 37.2 Å². The molecular weight excluding hydrogens is 238 g/mol. The van der Waals surface area contributed by atoms with Crippen molar-refractivity contribution in [3.63, 3.8) is 0 Å². The molecule has 2 atom stereocenters. The first-order valence-corrected chi connectivity index (χ1v) is 7.23. The number of hydrogen-bond acceptors (Lipinski definition) is 2. The van der Waals surface area contributed by atoms with E-state index in [9.17, 15) is 9.90 Å². The van der Waals surface area contributed by atoms with Gasteiger partial charge in [-0.15, -0.1) is 0 Å². The highest BCUT2D eigenvalue weighted by atomic mass is 16.3. The first kappa shape index (κ1) is 14.1. The zero-order valence-electron chi connectivity index (χ0n) is 11.5. The summed E-state index contributed by atoms with van der Waals surface area (Å²) >= 11 is 0. The van der Waals surface area contributed by atoms with Crippen LogP contribution in [0.25, 0.3) is 0 Å². The highest BCUT2D eigenvalue weighted by molar-refractivity contribution is 5.83. The third-order valence-corrected chi connectivity index (χ3v) is 3.83. The second-order valence-corrected chi connectivity index (χ2v) is 5.36. The molecule has 104 valence electrons. The molecular formula is C16H23NO2. The predicted molar refractivity (Wildman–Crippen MR) is 75.8 cm³/mol. The maximum atomic E-state index is 12.1. The van der Waals surface area contributed by atoms with E-state index in [0.29, 0.717) is 18.9 Å². The molecule has 0 radical (unpaired) electrons. The van der Waals surface area contributed by atoms with Crippen LogP contribution in [-0.2, 0) is 4.79 Å². The molecule has 0 aliphatic heterocycles. The summed E-state index contributed by atoms with van der Waals surface area (Å²) in [5.74, 6) is 0.462. The molecule has 0 bridgehead atoms. The first-order chi connectivity index (χ1) is 9.22. The number of carbonyl (C=O) groups excluding carboxylic acids is 1. The van der Waals surface area contributed by atoms with Gasteiger partial charge in [-0.25, -0.2) is 0 Å². The SMILES string of the molecule is CC[C@@H](C(=O)NCC[C@@H](O)C1CC1)c1ccccc1. The van der Waals surface area contributed by atoms with Crippen molar-refractivity contribution in [1.29, 1.82) is 0 Å². The van der Waals surface area contributed by atoms with E-state index in [0.717, 1.165) is 24.8 Å². The van der Waals surface area contributed by atoms with Crippen LogP contribution in [0.5, 0.6) is 0 Å². The maximum absolute atomic E-state index is 12.1. The highest BCUT2D eigenvalue weighted by Crippen LogP contribution is 2.33. The van der Waals surface area contributed by atoms with Gasteiger partial charge in [0.05, 0.1) is 12.0 Å². The van der Waals surface area contributed by atoms with Crippen LogP contribution in [0.2, 0.25) is 0 Å². The van der Waals surface area contributed by atoms with Gasteiger partial charge < -0.3 is 10.4 Å². The van der Waals surface area contributed by atoms with Crippen LogP contribution in [0, 0.1) is 5.92 Å². The number of nitrogens with one attached hydrogen (secondary N) is 1. The van der Waals surface area contributed by atoms with Gasteiger partial charge >= 0.3 is 0 Å². The molecule has 3 nitrogen and oxygen atoms in total. The van der Waals surface area contributed by atoms with Crippen LogP contribution in [-0.4, -0.2) is 23.7 Å². The summed E-state index contributed by atoms with van der Waals surface area (Å²) < 4.78 is 0. The van der Waals surface area contributed by atoms with Gasteiger partial charge in [0.25, 0.3) is 0 Å². The molecule has 0 heterocycles. The standard InChI is InChI=1S/C16H23NO2/c1-2-14(12-6-4-3-5-7-12)16(19)17-11-10-15(18)13-8-9-13/h3-7,13-15,18H,2,8-11H2,1H3,(H,17,19)/t14-,15-/m1/s1. The predicted octanol–water partition coefficient (Wildman–Crippen LogP) is 2.46. The lowest BCUT2D eigenvalue weighted by Gasteiger charge is -2.16. The van der Waals surface area contributed by atoms with Crippen molar-refractivity contribution in [3.8, 4) is 0 Å². The van der Waals surface area contributed by atoms with Gasteiger partial charge in [-0.2, -0.15) is 0 Å². The second kappa shape index (κ2) is 6.71.